The second-order valence-electron chi connectivity index (χ2n) is 11.4. The van der Waals surface area contributed by atoms with Crippen LogP contribution in [0.2, 0.25) is 0 Å². The number of hydrogen-bond donors (Lipinski definition) is 0. The Morgan fingerprint density at radius 2 is 1.39 bits per heavy atom. The van der Waals surface area contributed by atoms with Crippen molar-refractivity contribution in [2.45, 2.75) is 110 Å². The number of rotatable bonds is 2. The van der Waals surface area contributed by atoms with Crippen molar-refractivity contribution in [2.75, 3.05) is 0 Å². The molecule has 1 aromatic rings. The van der Waals surface area contributed by atoms with Crippen molar-refractivity contribution >= 4 is 38.8 Å². The molecule has 0 saturated heterocycles. The molecule has 5 aliphatic carbocycles. The van der Waals surface area contributed by atoms with E-state index in [2.05, 4.69) is 70.2 Å². The Labute approximate surface area is 259 Å². The van der Waals surface area contributed by atoms with E-state index in [4.69, 9.17) is 0 Å². The number of fused-ring (bicyclic) bond motifs is 3. The minimum atomic E-state index is 0. The van der Waals surface area contributed by atoms with E-state index in [0.29, 0.717) is 0 Å². The standard InChI is InChI=1S/C27H33.C5H5.C3H6.2ClH.Zr/c1-18-13-22(20-9-5-3-6-10-20)15-26-24(18)17-25-19(2)14-23(16-27(25)26)21-11-7-4-8-12-21;1-2-4-5-3-1;1-3-2;;;/h13-17,20-21H,3-12H2,1-2H3;1-3H,4H2;1-2H3;2*1H;/q2*-1;;;;+2. The number of allylic oxidation sites excluding steroid dienone is 4. The first kappa shape index (κ1) is 33.3. The van der Waals surface area contributed by atoms with Gasteiger partial charge in [-0.25, -0.2) is 12.2 Å². The molecular weight excluding hydrogens is 583 g/mol. The Morgan fingerprint density at radius 1 is 0.816 bits per heavy atom. The zero-order chi connectivity index (χ0) is 25.5. The van der Waals surface area contributed by atoms with E-state index in [1.165, 1.54) is 100 Å². The minimum absolute atomic E-state index is 0. The molecule has 0 spiro atoms. The van der Waals surface area contributed by atoms with Gasteiger partial charge >= 0.3 is 41.3 Å². The molecule has 0 unspecified atom stereocenters. The Morgan fingerprint density at radius 3 is 1.89 bits per heavy atom. The molecule has 0 aromatic heterocycles. The van der Waals surface area contributed by atoms with Gasteiger partial charge in [0.05, 0.1) is 0 Å². The van der Waals surface area contributed by atoms with E-state index in [1.807, 2.05) is 12.2 Å². The molecule has 2 fully saturated rings. The van der Waals surface area contributed by atoms with Crippen LogP contribution in [0.1, 0.15) is 119 Å². The van der Waals surface area contributed by atoms with E-state index >= 15 is 0 Å². The number of benzene rings is 2. The summed E-state index contributed by atoms with van der Waals surface area (Å²) in [5.41, 5.74) is 9.16. The van der Waals surface area contributed by atoms with Gasteiger partial charge in [0.2, 0.25) is 0 Å². The quantitative estimate of drug-likeness (QED) is 0.248. The molecule has 0 atom stereocenters. The first-order chi connectivity index (χ1) is 17.4. The van der Waals surface area contributed by atoms with Crippen LogP contribution in [0, 0.1) is 19.9 Å². The molecule has 204 valence electrons. The Balaban J connectivity index is 0.000000398. The van der Waals surface area contributed by atoms with Gasteiger partial charge in [0, 0.05) is 0 Å². The Hall–Kier alpha value is -0.877. The molecule has 0 bridgehead atoms. The van der Waals surface area contributed by atoms with Gasteiger partial charge in [-0.1, -0.05) is 92.7 Å². The SMILES string of the molecule is C[C](C)=[Zr+2].Cc1cc(C2CCCCC2)cc2c3cc(C4CCCCC4)c[c-](C)c-3cc12.Cl.Cl.[C-]1=CC=CC1. The van der Waals surface area contributed by atoms with Crippen molar-refractivity contribution in [3.8, 4) is 11.1 Å². The summed E-state index contributed by atoms with van der Waals surface area (Å²) in [6.07, 6.45) is 24.0. The molecule has 0 radical (unpaired) electrons. The molecular formula is C35H46Cl2Zr. The topological polar surface area (TPSA) is 0 Å². The van der Waals surface area contributed by atoms with Crippen LogP contribution in [0.5, 0.6) is 0 Å². The molecule has 6 rings (SSSR count). The molecule has 0 aliphatic heterocycles. The number of halogens is 2. The van der Waals surface area contributed by atoms with Gasteiger partial charge in [-0.3, -0.25) is 6.08 Å². The van der Waals surface area contributed by atoms with Crippen LogP contribution in [0.25, 0.3) is 21.9 Å². The van der Waals surface area contributed by atoms with Crippen LogP contribution in [0.15, 0.2) is 48.6 Å². The fourth-order valence-electron chi connectivity index (χ4n) is 6.31. The third-order valence-electron chi connectivity index (χ3n) is 8.14. The fraction of sp³-hybridized carbons (Fsp3) is 0.486. The summed E-state index contributed by atoms with van der Waals surface area (Å²) in [5.74, 6) is 1.57. The largest absolute Gasteiger partial charge is 0.273 e. The summed E-state index contributed by atoms with van der Waals surface area (Å²) in [4.78, 5) is 0. The van der Waals surface area contributed by atoms with E-state index < -0.39 is 0 Å². The maximum absolute atomic E-state index is 2.99. The first-order valence-corrected chi connectivity index (χ1v) is 15.5. The minimum Gasteiger partial charge on any atom is -0.273 e. The predicted octanol–water partition coefficient (Wildman–Crippen LogP) is 11.3. The maximum Gasteiger partial charge on any atom is -0.0162 e. The molecule has 0 N–H and O–H groups in total. The molecule has 3 heteroatoms. The summed E-state index contributed by atoms with van der Waals surface area (Å²) in [6, 6.07) is 12.6. The van der Waals surface area contributed by atoms with Gasteiger partial charge in [-0.05, 0) is 31.2 Å². The average Bonchev–Trinajstić information content (AvgIpc) is 3.58. The first-order valence-electron chi connectivity index (χ1n) is 14.3. The van der Waals surface area contributed by atoms with Crippen molar-refractivity contribution < 1.29 is 24.2 Å². The fourth-order valence-corrected chi connectivity index (χ4v) is 6.31. The summed E-state index contributed by atoms with van der Waals surface area (Å²) in [7, 11) is 0. The van der Waals surface area contributed by atoms with Crippen LogP contribution >= 0.6 is 24.8 Å². The van der Waals surface area contributed by atoms with Crippen molar-refractivity contribution in [2.24, 2.45) is 0 Å². The smallest absolute Gasteiger partial charge is 0.0162 e. The summed E-state index contributed by atoms with van der Waals surface area (Å²) < 4.78 is 1.51. The van der Waals surface area contributed by atoms with Crippen LogP contribution in [-0.2, 0) is 24.2 Å². The zero-order valence-electron chi connectivity index (χ0n) is 23.9. The van der Waals surface area contributed by atoms with E-state index in [0.717, 1.165) is 18.3 Å². The third-order valence-corrected chi connectivity index (χ3v) is 8.14. The van der Waals surface area contributed by atoms with E-state index in [1.54, 1.807) is 35.4 Å². The molecule has 0 amide bonds. The van der Waals surface area contributed by atoms with Gasteiger partial charge in [0.15, 0.2) is 0 Å². The van der Waals surface area contributed by atoms with Crippen molar-refractivity contribution in [1.82, 2.24) is 0 Å². The van der Waals surface area contributed by atoms with Gasteiger partial charge in [-0.15, -0.1) is 71.7 Å². The van der Waals surface area contributed by atoms with Crippen molar-refractivity contribution in [3.05, 3.63) is 76.9 Å². The molecule has 0 nitrogen and oxygen atoms in total. The van der Waals surface area contributed by atoms with Crippen LogP contribution < -0.4 is 0 Å². The maximum atomic E-state index is 2.99. The predicted molar refractivity (Wildman–Crippen MR) is 170 cm³/mol. The number of aryl methyl sites for hydroxylation is 2. The van der Waals surface area contributed by atoms with Crippen LogP contribution in [-0.4, -0.2) is 3.21 Å². The van der Waals surface area contributed by atoms with Crippen LogP contribution in [0.3, 0.4) is 0 Å². The second-order valence-corrected chi connectivity index (χ2v) is 13.9. The monoisotopic (exact) mass is 626 g/mol. The zero-order valence-corrected chi connectivity index (χ0v) is 28.0. The third kappa shape index (κ3) is 8.81. The average molecular weight is 629 g/mol. The van der Waals surface area contributed by atoms with Crippen molar-refractivity contribution in [1.29, 1.82) is 0 Å². The second kappa shape index (κ2) is 16.4. The molecule has 5 aliphatic rings. The van der Waals surface area contributed by atoms with E-state index in [-0.39, 0.29) is 24.8 Å². The molecule has 38 heavy (non-hydrogen) atoms. The number of hydrogen-bond acceptors (Lipinski definition) is 0. The molecule has 2 saturated carbocycles. The molecule has 1 aromatic carbocycles. The van der Waals surface area contributed by atoms with Crippen molar-refractivity contribution in [3.63, 3.8) is 0 Å². The van der Waals surface area contributed by atoms with Gasteiger partial charge in [-0.2, -0.15) is 6.08 Å². The summed E-state index contributed by atoms with van der Waals surface area (Å²) in [6.45, 7) is 8.90. The normalized spacial score (nSPS) is 17.2. The summed E-state index contributed by atoms with van der Waals surface area (Å²) >= 11 is 1.55. The van der Waals surface area contributed by atoms with Gasteiger partial charge in [0.1, 0.15) is 0 Å². The Bertz CT molecular complexity index is 1170. The van der Waals surface area contributed by atoms with Crippen LogP contribution in [0.4, 0.5) is 0 Å². The van der Waals surface area contributed by atoms with E-state index in [9.17, 15) is 0 Å². The van der Waals surface area contributed by atoms with Gasteiger partial charge < -0.3 is 0 Å². The van der Waals surface area contributed by atoms with Gasteiger partial charge in [0.25, 0.3) is 0 Å². The summed E-state index contributed by atoms with van der Waals surface area (Å²) in [5, 5.41) is 3.00. The molecule has 0 heterocycles. The Kier molecular flexibility index (Phi) is 14.4.